The number of nitrogens with two attached hydrogens (primary N) is 1. The molecule has 0 unspecified atom stereocenters. The highest BCUT2D eigenvalue weighted by Gasteiger charge is 2.13. The normalized spacial score (nSPS) is 11.3. The summed E-state index contributed by atoms with van der Waals surface area (Å²) in [5.41, 5.74) is 9.07. The second kappa shape index (κ2) is 5.31. The summed E-state index contributed by atoms with van der Waals surface area (Å²) in [6.07, 6.45) is 1.93. The average molecular weight is 255 g/mol. The minimum Gasteiger partial charge on any atom is -0.399 e. The predicted octanol–water partition coefficient (Wildman–Crippen LogP) is 3.57. The number of anilines is 2. The lowest BCUT2D eigenvalue weighted by atomic mass is 9.88. The Kier molecular flexibility index (Phi) is 3.74. The van der Waals surface area contributed by atoms with Crippen LogP contribution in [0, 0.1) is 0 Å². The maximum atomic E-state index is 5.75. The summed E-state index contributed by atoms with van der Waals surface area (Å²) in [5.74, 6) is 0.885. The number of nitrogens with zero attached hydrogens (tertiary/aromatic N) is 1. The summed E-state index contributed by atoms with van der Waals surface area (Å²) >= 11 is 0. The summed E-state index contributed by atoms with van der Waals surface area (Å²) in [6, 6.07) is 12.0. The van der Waals surface area contributed by atoms with E-state index < -0.39 is 0 Å². The highest BCUT2D eigenvalue weighted by molar-refractivity contribution is 5.43. The second-order valence-corrected chi connectivity index (χ2v) is 5.78. The Morgan fingerprint density at radius 3 is 2.53 bits per heavy atom. The second-order valence-electron chi connectivity index (χ2n) is 5.78. The van der Waals surface area contributed by atoms with Gasteiger partial charge in [0.2, 0.25) is 0 Å². The van der Waals surface area contributed by atoms with Crippen molar-refractivity contribution in [2.24, 2.45) is 0 Å². The van der Waals surface area contributed by atoms with E-state index in [9.17, 15) is 0 Å². The first-order valence-electron chi connectivity index (χ1n) is 6.50. The lowest BCUT2D eigenvalue weighted by Crippen LogP contribution is -2.11. The summed E-state index contributed by atoms with van der Waals surface area (Å²) in [5, 5.41) is 3.30. The fraction of sp³-hybridized carbons (Fsp3) is 0.312. The number of nitrogen functional groups attached to an aromatic ring is 1. The molecule has 0 aliphatic heterocycles. The molecule has 0 aliphatic carbocycles. The third kappa shape index (κ3) is 3.71. The van der Waals surface area contributed by atoms with Crippen LogP contribution in [0.1, 0.15) is 31.9 Å². The van der Waals surface area contributed by atoms with E-state index in [1.165, 1.54) is 5.56 Å². The van der Waals surface area contributed by atoms with Gasteiger partial charge in [-0.3, -0.25) is 0 Å². The lowest BCUT2D eigenvalue weighted by Gasteiger charge is -2.18. The van der Waals surface area contributed by atoms with E-state index in [1.54, 1.807) is 0 Å². The van der Waals surface area contributed by atoms with E-state index in [0.29, 0.717) is 0 Å². The van der Waals surface area contributed by atoms with Crippen LogP contribution < -0.4 is 11.1 Å². The Morgan fingerprint density at radius 1 is 1.16 bits per heavy atom. The molecule has 0 spiro atoms. The minimum absolute atomic E-state index is 0.138. The van der Waals surface area contributed by atoms with Crippen molar-refractivity contribution in [3.63, 3.8) is 0 Å². The van der Waals surface area contributed by atoms with E-state index in [2.05, 4.69) is 37.1 Å². The van der Waals surface area contributed by atoms with Gasteiger partial charge in [0.15, 0.2) is 0 Å². The van der Waals surface area contributed by atoms with Crippen molar-refractivity contribution in [3.05, 3.63) is 53.7 Å². The molecule has 0 radical (unpaired) electrons. The molecule has 3 N–H and O–H groups in total. The van der Waals surface area contributed by atoms with Gasteiger partial charge in [-0.1, -0.05) is 39.0 Å². The number of aromatic nitrogens is 1. The molecule has 0 atom stereocenters. The first-order chi connectivity index (χ1) is 8.95. The van der Waals surface area contributed by atoms with Crippen LogP contribution in [0.15, 0.2) is 42.6 Å². The van der Waals surface area contributed by atoms with E-state index in [0.717, 1.165) is 23.6 Å². The molecule has 3 heteroatoms. The van der Waals surface area contributed by atoms with E-state index in [4.69, 9.17) is 5.73 Å². The van der Waals surface area contributed by atoms with Gasteiger partial charge < -0.3 is 11.1 Å². The van der Waals surface area contributed by atoms with Crippen LogP contribution in [0.25, 0.3) is 0 Å². The van der Waals surface area contributed by atoms with Crippen LogP contribution in [-0.4, -0.2) is 4.98 Å². The molecule has 2 rings (SSSR count). The Bertz CT molecular complexity index is 539. The van der Waals surface area contributed by atoms with Crippen molar-refractivity contribution in [2.75, 3.05) is 11.1 Å². The van der Waals surface area contributed by atoms with Crippen molar-refractivity contribution in [1.29, 1.82) is 0 Å². The van der Waals surface area contributed by atoms with Crippen LogP contribution in [0.3, 0.4) is 0 Å². The van der Waals surface area contributed by atoms with E-state index in [-0.39, 0.29) is 5.41 Å². The van der Waals surface area contributed by atoms with E-state index >= 15 is 0 Å². The van der Waals surface area contributed by atoms with E-state index in [1.807, 2.05) is 36.5 Å². The maximum Gasteiger partial charge on any atom is 0.126 e. The van der Waals surface area contributed by atoms with Crippen LogP contribution in [0.4, 0.5) is 11.5 Å². The van der Waals surface area contributed by atoms with Gasteiger partial charge in [0, 0.05) is 18.4 Å². The zero-order valence-electron chi connectivity index (χ0n) is 11.8. The minimum atomic E-state index is 0.138. The smallest absolute Gasteiger partial charge is 0.126 e. The molecule has 1 aromatic carbocycles. The third-order valence-corrected chi connectivity index (χ3v) is 3.05. The molecule has 100 valence electrons. The van der Waals surface area contributed by atoms with Gasteiger partial charge in [0.05, 0.1) is 0 Å². The first-order valence-corrected chi connectivity index (χ1v) is 6.50. The zero-order chi connectivity index (χ0) is 13.9. The van der Waals surface area contributed by atoms with Crippen molar-refractivity contribution in [2.45, 2.75) is 32.7 Å². The van der Waals surface area contributed by atoms with Crippen LogP contribution >= 0.6 is 0 Å². The zero-order valence-corrected chi connectivity index (χ0v) is 11.8. The lowest BCUT2D eigenvalue weighted by molar-refractivity contribution is 0.587. The van der Waals surface area contributed by atoms with Gasteiger partial charge in [0.1, 0.15) is 5.82 Å². The highest BCUT2D eigenvalue weighted by Crippen LogP contribution is 2.22. The third-order valence-electron chi connectivity index (χ3n) is 3.05. The largest absolute Gasteiger partial charge is 0.399 e. The fourth-order valence-corrected chi connectivity index (χ4v) is 1.84. The number of hydrogen-bond donors (Lipinski definition) is 2. The summed E-state index contributed by atoms with van der Waals surface area (Å²) in [6.45, 7) is 7.28. The molecule has 3 nitrogen and oxygen atoms in total. The average Bonchev–Trinajstić information content (AvgIpc) is 2.36. The Morgan fingerprint density at radius 2 is 1.95 bits per heavy atom. The van der Waals surface area contributed by atoms with Gasteiger partial charge >= 0.3 is 0 Å². The molecule has 0 saturated heterocycles. The SMILES string of the molecule is CC(C)(C)c1ccc(NCc2cccc(N)c2)nc1. The summed E-state index contributed by atoms with van der Waals surface area (Å²) in [4.78, 5) is 4.44. The number of pyridine rings is 1. The molecule has 0 saturated carbocycles. The van der Waals surface area contributed by atoms with Gasteiger partial charge in [0.25, 0.3) is 0 Å². The quantitative estimate of drug-likeness (QED) is 0.824. The van der Waals surface area contributed by atoms with Gasteiger partial charge in [-0.05, 0) is 34.7 Å². The van der Waals surface area contributed by atoms with Crippen molar-refractivity contribution < 1.29 is 0 Å². The molecule has 0 aliphatic rings. The van der Waals surface area contributed by atoms with Gasteiger partial charge in [-0.15, -0.1) is 0 Å². The Hall–Kier alpha value is -2.03. The van der Waals surface area contributed by atoms with Crippen LogP contribution in [0.5, 0.6) is 0 Å². The topological polar surface area (TPSA) is 50.9 Å². The Labute approximate surface area is 114 Å². The molecule has 0 fully saturated rings. The molecule has 2 aromatic rings. The first kappa shape index (κ1) is 13.4. The fourth-order valence-electron chi connectivity index (χ4n) is 1.84. The number of rotatable bonds is 3. The highest BCUT2D eigenvalue weighted by atomic mass is 15.0. The van der Waals surface area contributed by atoms with Gasteiger partial charge in [-0.25, -0.2) is 4.98 Å². The van der Waals surface area contributed by atoms with Crippen LogP contribution in [0.2, 0.25) is 0 Å². The number of benzene rings is 1. The number of hydrogen-bond acceptors (Lipinski definition) is 3. The predicted molar refractivity (Wildman–Crippen MR) is 81.1 cm³/mol. The van der Waals surface area contributed by atoms with Crippen molar-refractivity contribution >= 4 is 11.5 Å². The van der Waals surface area contributed by atoms with Crippen LogP contribution in [-0.2, 0) is 12.0 Å². The molecule has 0 bridgehead atoms. The maximum absolute atomic E-state index is 5.75. The van der Waals surface area contributed by atoms with Crippen molar-refractivity contribution in [3.8, 4) is 0 Å². The monoisotopic (exact) mass is 255 g/mol. The van der Waals surface area contributed by atoms with Crippen molar-refractivity contribution in [1.82, 2.24) is 4.98 Å². The summed E-state index contributed by atoms with van der Waals surface area (Å²) < 4.78 is 0. The molecule has 1 heterocycles. The molecular formula is C16H21N3. The number of nitrogens with one attached hydrogen (secondary N) is 1. The standard InChI is InChI=1S/C16H21N3/c1-16(2,3)13-7-8-15(19-11-13)18-10-12-5-4-6-14(17)9-12/h4-9,11H,10,17H2,1-3H3,(H,18,19). The Balaban J connectivity index is 2.01. The molecular weight excluding hydrogens is 234 g/mol. The molecule has 1 aromatic heterocycles. The molecule has 19 heavy (non-hydrogen) atoms. The molecule has 0 amide bonds. The summed E-state index contributed by atoms with van der Waals surface area (Å²) in [7, 11) is 0. The van der Waals surface area contributed by atoms with Gasteiger partial charge in [-0.2, -0.15) is 0 Å².